The SMILES string of the molecule is COC(=O)c1cc(Cc2cc(Br)c(O)c(C(=O)OC)c2)cc(Br)c1O. The van der Waals surface area contributed by atoms with Crippen LogP contribution in [0.15, 0.2) is 33.2 Å². The van der Waals surface area contributed by atoms with Crippen LogP contribution in [0.1, 0.15) is 31.8 Å². The Kier molecular flexibility index (Phi) is 6.07. The molecule has 2 N–H and O–H groups in total. The maximum atomic E-state index is 11.8. The van der Waals surface area contributed by atoms with Gasteiger partial charge in [0.1, 0.15) is 22.6 Å². The van der Waals surface area contributed by atoms with Gasteiger partial charge in [-0.3, -0.25) is 0 Å². The minimum absolute atomic E-state index is 0.0258. The highest BCUT2D eigenvalue weighted by Crippen LogP contribution is 2.33. The van der Waals surface area contributed by atoms with E-state index in [2.05, 4.69) is 41.3 Å². The van der Waals surface area contributed by atoms with Crippen LogP contribution in [-0.2, 0) is 15.9 Å². The zero-order chi connectivity index (χ0) is 18.7. The Morgan fingerprint density at radius 2 is 1.20 bits per heavy atom. The third kappa shape index (κ3) is 4.13. The lowest BCUT2D eigenvalue weighted by atomic mass is 10.00. The number of halogens is 2. The van der Waals surface area contributed by atoms with Crippen LogP contribution in [0.2, 0.25) is 0 Å². The number of benzene rings is 2. The first-order valence-corrected chi connectivity index (χ1v) is 8.56. The summed E-state index contributed by atoms with van der Waals surface area (Å²) in [6, 6.07) is 6.32. The molecule has 0 saturated carbocycles. The van der Waals surface area contributed by atoms with E-state index < -0.39 is 11.9 Å². The fourth-order valence-corrected chi connectivity index (χ4v) is 3.30. The van der Waals surface area contributed by atoms with Gasteiger partial charge in [0.2, 0.25) is 0 Å². The summed E-state index contributed by atoms with van der Waals surface area (Å²) in [7, 11) is 2.45. The van der Waals surface area contributed by atoms with Crippen LogP contribution in [0.5, 0.6) is 11.5 Å². The standard InChI is InChI=1S/C17H14Br2O6/c1-24-16(22)10-4-8(6-12(18)14(10)20)3-9-5-11(17(23)25-2)15(21)13(19)7-9/h4-7,20-21H,3H2,1-2H3. The monoisotopic (exact) mass is 472 g/mol. The van der Waals surface area contributed by atoms with Gasteiger partial charge in [-0.1, -0.05) is 0 Å². The van der Waals surface area contributed by atoms with Crippen molar-refractivity contribution in [1.29, 1.82) is 0 Å². The minimum atomic E-state index is -0.665. The minimum Gasteiger partial charge on any atom is -0.506 e. The molecule has 0 saturated heterocycles. The molecule has 25 heavy (non-hydrogen) atoms. The van der Waals surface area contributed by atoms with E-state index in [1.165, 1.54) is 26.4 Å². The van der Waals surface area contributed by atoms with Crippen molar-refractivity contribution in [2.24, 2.45) is 0 Å². The van der Waals surface area contributed by atoms with Crippen molar-refractivity contribution in [2.45, 2.75) is 6.42 Å². The molecule has 0 radical (unpaired) electrons. The van der Waals surface area contributed by atoms with Crippen LogP contribution in [0.3, 0.4) is 0 Å². The Hall–Kier alpha value is -2.06. The van der Waals surface area contributed by atoms with Crippen LogP contribution in [0.25, 0.3) is 0 Å². The molecule has 0 bridgehead atoms. The van der Waals surface area contributed by atoms with Gasteiger partial charge >= 0.3 is 11.9 Å². The van der Waals surface area contributed by atoms with Gasteiger partial charge in [-0.05, 0) is 73.7 Å². The molecule has 132 valence electrons. The highest BCUT2D eigenvalue weighted by Gasteiger charge is 2.18. The quantitative estimate of drug-likeness (QED) is 0.656. The topological polar surface area (TPSA) is 93.1 Å². The second-order valence-corrected chi connectivity index (χ2v) is 6.82. The van der Waals surface area contributed by atoms with Crippen molar-refractivity contribution < 1.29 is 29.3 Å². The normalized spacial score (nSPS) is 10.4. The second kappa shape index (κ2) is 7.88. The van der Waals surface area contributed by atoms with E-state index in [-0.39, 0.29) is 22.6 Å². The first-order chi connectivity index (χ1) is 11.8. The van der Waals surface area contributed by atoms with E-state index in [0.29, 0.717) is 26.5 Å². The number of phenols is 2. The fourth-order valence-electron chi connectivity index (χ4n) is 2.28. The van der Waals surface area contributed by atoms with Crippen LogP contribution < -0.4 is 0 Å². The molecule has 8 heteroatoms. The smallest absolute Gasteiger partial charge is 0.341 e. The zero-order valence-electron chi connectivity index (χ0n) is 13.3. The fraction of sp³-hybridized carbons (Fsp3) is 0.176. The number of esters is 2. The molecule has 0 unspecified atom stereocenters. The van der Waals surface area contributed by atoms with Gasteiger partial charge in [-0.2, -0.15) is 0 Å². The van der Waals surface area contributed by atoms with Crippen molar-refractivity contribution in [3.8, 4) is 11.5 Å². The van der Waals surface area contributed by atoms with Crippen molar-refractivity contribution in [1.82, 2.24) is 0 Å². The van der Waals surface area contributed by atoms with E-state index in [1.54, 1.807) is 12.1 Å². The number of carbonyl (C=O) groups is 2. The number of hydrogen-bond acceptors (Lipinski definition) is 6. The van der Waals surface area contributed by atoms with E-state index in [9.17, 15) is 19.8 Å². The Morgan fingerprint density at radius 1 is 0.840 bits per heavy atom. The van der Waals surface area contributed by atoms with E-state index in [0.717, 1.165) is 0 Å². The lowest BCUT2D eigenvalue weighted by Gasteiger charge is -2.11. The summed E-state index contributed by atoms with van der Waals surface area (Å²) in [4.78, 5) is 23.5. The maximum absolute atomic E-state index is 11.8. The summed E-state index contributed by atoms with van der Waals surface area (Å²) >= 11 is 6.40. The van der Waals surface area contributed by atoms with Gasteiger partial charge in [0.15, 0.2) is 0 Å². The Labute approximate surface area is 160 Å². The average Bonchev–Trinajstić information content (AvgIpc) is 2.59. The highest BCUT2D eigenvalue weighted by atomic mass is 79.9. The molecule has 0 heterocycles. The Balaban J connectivity index is 2.47. The van der Waals surface area contributed by atoms with Crippen LogP contribution in [0.4, 0.5) is 0 Å². The molecule has 0 amide bonds. The number of hydrogen-bond donors (Lipinski definition) is 2. The Bertz CT molecular complexity index is 778. The molecule has 0 aliphatic rings. The summed E-state index contributed by atoms with van der Waals surface area (Å²) in [6.45, 7) is 0. The number of methoxy groups -OCH3 is 2. The van der Waals surface area contributed by atoms with Gasteiger partial charge < -0.3 is 19.7 Å². The van der Waals surface area contributed by atoms with Crippen LogP contribution in [0, 0.1) is 0 Å². The van der Waals surface area contributed by atoms with Crippen molar-refractivity contribution in [2.75, 3.05) is 14.2 Å². The Morgan fingerprint density at radius 3 is 1.52 bits per heavy atom. The third-order valence-corrected chi connectivity index (χ3v) is 4.67. The predicted molar refractivity (Wildman–Crippen MR) is 97.1 cm³/mol. The van der Waals surface area contributed by atoms with Crippen molar-refractivity contribution in [3.63, 3.8) is 0 Å². The average molecular weight is 474 g/mol. The van der Waals surface area contributed by atoms with Gasteiger partial charge in [-0.15, -0.1) is 0 Å². The molecule has 0 aliphatic carbocycles. The van der Waals surface area contributed by atoms with Gasteiger partial charge in [0, 0.05) is 0 Å². The molecular weight excluding hydrogens is 460 g/mol. The summed E-state index contributed by atoms with van der Waals surface area (Å²) in [5.41, 5.74) is 1.44. The van der Waals surface area contributed by atoms with E-state index >= 15 is 0 Å². The number of ether oxygens (including phenoxy) is 2. The lowest BCUT2D eigenvalue weighted by molar-refractivity contribution is 0.0588. The van der Waals surface area contributed by atoms with Gasteiger partial charge in [-0.25, -0.2) is 9.59 Å². The molecule has 2 aromatic carbocycles. The molecule has 2 rings (SSSR count). The molecule has 0 aliphatic heterocycles. The highest BCUT2D eigenvalue weighted by molar-refractivity contribution is 9.10. The molecule has 0 aromatic heterocycles. The third-order valence-electron chi connectivity index (χ3n) is 3.47. The molecular formula is C17H14Br2O6. The summed E-state index contributed by atoms with van der Waals surface area (Å²) in [6.07, 6.45) is 0.339. The van der Waals surface area contributed by atoms with Crippen molar-refractivity contribution in [3.05, 3.63) is 55.5 Å². The first-order valence-electron chi connectivity index (χ1n) is 6.97. The van der Waals surface area contributed by atoms with E-state index in [4.69, 9.17) is 0 Å². The molecule has 2 aromatic rings. The van der Waals surface area contributed by atoms with Crippen LogP contribution >= 0.6 is 31.9 Å². The number of phenolic OH excluding ortho intramolecular Hbond substituents is 2. The molecule has 0 spiro atoms. The largest absolute Gasteiger partial charge is 0.506 e. The molecule has 0 fully saturated rings. The molecule has 6 nitrogen and oxygen atoms in total. The zero-order valence-corrected chi connectivity index (χ0v) is 16.5. The number of carbonyl (C=O) groups excluding carboxylic acids is 2. The lowest BCUT2D eigenvalue weighted by Crippen LogP contribution is -2.05. The molecule has 0 atom stereocenters. The first kappa shape index (κ1) is 19.3. The summed E-state index contributed by atoms with van der Waals surface area (Å²) in [5.74, 6) is -1.75. The van der Waals surface area contributed by atoms with Crippen LogP contribution in [-0.4, -0.2) is 36.4 Å². The second-order valence-electron chi connectivity index (χ2n) is 5.11. The maximum Gasteiger partial charge on any atom is 0.341 e. The van der Waals surface area contributed by atoms with Gasteiger partial charge in [0.05, 0.1) is 23.2 Å². The predicted octanol–water partition coefficient (Wildman–Crippen LogP) is 3.79. The summed E-state index contributed by atoms with van der Waals surface area (Å²) < 4.78 is 10.00. The number of aromatic hydroxyl groups is 2. The van der Waals surface area contributed by atoms with E-state index in [1.807, 2.05) is 0 Å². The summed E-state index contributed by atoms with van der Waals surface area (Å²) in [5, 5.41) is 19.9. The van der Waals surface area contributed by atoms with Gasteiger partial charge in [0.25, 0.3) is 0 Å². The number of rotatable bonds is 4. The van der Waals surface area contributed by atoms with Crippen molar-refractivity contribution >= 4 is 43.8 Å².